The lowest BCUT2D eigenvalue weighted by Crippen LogP contribution is -2.37. The van der Waals surface area contributed by atoms with Gasteiger partial charge in [0.25, 0.3) is 5.91 Å². The molecule has 0 aliphatic carbocycles. The lowest BCUT2D eigenvalue weighted by molar-refractivity contribution is 0.102. The molecule has 2 aromatic carbocycles. The molecule has 212 valence electrons. The summed E-state index contributed by atoms with van der Waals surface area (Å²) in [7, 11) is 0. The highest BCUT2D eigenvalue weighted by Crippen LogP contribution is 2.28. The lowest BCUT2D eigenvalue weighted by Gasteiger charge is -2.23. The first-order valence-corrected chi connectivity index (χ1v) is 13.9. The van der Waals surface area contributed by atoms with E-state index in [2.05, 4.69) is 68.7 Å². The average molecular weight is 562 g/mol. The Balaban J connectivity index is 1.09. The summed E-state index contributed by atoms with van der Waals surface area (Å²) in [6.07, 6.45) is 4.62. The first kappa shape index (κ1) is 26.9. The van der Waals surface area contributed by atoms with Crippen LogP contribution < -0.4 is 15.5 Å². The quantitative estimate of drug-likeness (QED) is 0.199. The van der Waals surface area contributed by atoms with Crippen molar-refractivity contribution in [3.05, 3.63) is 96.4 Å². The van der Waals surface area contributed by atoms with Gasteiger partial charge in [0.1, 0.15) is 18.1 Å². The Morgan fingerprint density at radius 2 is 1.74 bits per heavy atom. The SMILES string of the molecule is CC(C)[C@H]1COC(=O)N1c1ccnc(N[C@@H](C)c2ccc(-c3ccc(NC(=O)c4cnc5[nH]ccc5c4)cc3)cc2)n1. The number of cyclic esters (lactones) is 1. The van der Waals surface area contributed by atoms with Crippen LogP contribution in [0.3, 0.4) is 0 Å². The van der Waals surface area contributed by atoms with Crippen LogP contribution in [0.4, 0.5) is 22.2 Å². The van der Waals surface area contributed by atoms with E-state index < -0.39 is 0 Å². The van der Waals surface area contributed by atoms with Gasteiger partial charge in [-0.2, -0.15) is 4.98 Å². The Kier molecular flexibility index (Phi) is 7.26. The molecule has 2 amide bonds. The first-order chi connectivity index (χ1) is 20.4. The van der Waals surface area contributed by atoms with Crippen LogP contribution in [-0.4, -0.2) is 44.6 Å². The number of anilines is 3. The molecule has 1 aliphatic rings. The van der Waals surface area contributed by atoms with Crippen molar-refractivity contribution in [3.63, 3.8) is 0 Å². The minimum Gasteiger partial charge on any atom is -0.447 e. The molecule has 0 radical (unpaired) electrons. The smallest absolute Gasteiger partial charge is 0.415 e. The van der Waals surface area contributed by atoms with E-state index in [1.807, 2.05) is 43.3 Å². The Bertz CT molecular complexity index is 1730. The van der Waals surface area contributed by atoms with E-state index in [1.165, 1.54) is 0 Å². The standard InChI is InChI=1S/C32H31N7O3/c1-19(2)27-18-42-32(41)39(27)28-13-15-34-31(38-28)36-20(3)21-4-6-22(7-5-21)23-8-10-26(11-9-23)37-30(40)25-16-24-12-14-33-29(24)35-17-25/h4-17,19-20,27H,18H2,1-3H3,(H,33,35)(H,37,40)(H,34,36,38)/t20-,27+/m0/s1. The fraction of sp³-hybridized carbons (Fsp3) is 0.219. The number of rotatable bonds is 8. The number of ether oxygens (including phenoxy) is 1. The number of aromatic amines is 1. The van der Waals surface area contributed by atoms with Crippen LogP contribution in [0.15, 0.2) is 85.3 Å². The molecular weight excluding hydrogens is 530 g/mol. The number of amides is 2. The number of hydrogen-bond donors (Lipinski definition) is 3. The van der Waals surface area contributed by atoms with Crippen molar-refractivity contribution in [3.8, 4) is 11.1 Å². The maximum atomic E-state index is 12.7. The van der Waals surface area contributed by atoms with Gasteiger partial charge in [0.15, 0.2) is 0 Å². The molecule has 0 spiro atoms. The Labute approximate surface area is 243 Å². The fourth-order valence-corrected chi connectivity index (χ4v) is 5.00. The summed E-state index contributed by atoms with van der Waals surface area (Å²) in [6.45, 7) is 6.50. The monoisotopic (exact) mass is 561 g/mol. The predicted molar refractivity (Wildman–Crippen MR) is 162 cm³/mol. The Hall–Kier alpha value is -5.25. The molecule has 0 bridgehead atoms. The van der Waals surface area contributed by atoms with Gasteiger partial charge in [0.05, 0.1) is 17.6 Å². The number of hydrogen-bond acceptors (Lipinski definition) is 7. The third-order valence-corrected chi connectivity index (χ3v) is 7.46. The second kappa shape index (κ2) is 11.3. The number of carbonyl (C=O) groups excluding carboxylic acids is 2. The second-order valence-corrected chi connectivity index (χ2v) is 10.7. The number of benzene rings is 2. The Morgan fingerprint density at radius 1 is 1.00 bits per heavy atom. The molecule has 10 nitrogen and oxygen atoms in total. The van der Waals surface area contributed by atoms with E-state index >= 15 is 0 Å². The molecule has 1 saturated heterocycles. The van der Waals surface area contributed by atoms with Crippen LogP contribution in [0.2, 0.25) is 0 Å². The maximum Gasteiger partial charge on any atom is 0.415 e. The average Bonchev–Trinajstić information content (AvgIpc) is 3.64. The van der Waals surface area contributed by atoms with Gasteiger partial charge >= 0.3 is 6.09 Å². The van der Waals surface area contributed by atoms with Gasteiger partial charge in [0, 0.05) is 29.7 Å². The number of fused-ring (bicyclic) bond motifs is 1. The molecule has 4 heterocycles. The molecule has 6 rings (SSSR count). The van der Waals surface area contributed by atoms with Gasteiger partial charge in [-0.05, 0) is 59.9 Å². The maximum absolute atomic E-state index is 12.7. The molecule has 1 aliphatic heterocycles. The molecule has 0 unspecified atom stereocenters. The van der Waals surface area contributed by atoms with Crippen molar-refractivity contribution < 1.29 is 14.3 Å². The van der Waals surface area contributed by atoms with Crippen molar-refractivity contribution >= 4 is 40.5 Å². The number of nitrogens with one attached hydrogen (secondary N) is 3. The van der Waals surface area contributed by atoms with Gasteiger partial charge in [-0.25, -0.2) is 14.8 Å². The predicted octanol–water partition coefficient (Wildman–Crippen LogP) is 6.43. The summed E-state index contributed by atoms with van der Waals surface area (Å²) >= 11 is 0. The van der Waals surface area contributed by atoms with Crippen molar-refractivity contribution in [1.82, 2.24) is 19.9 Å². The summed E-state index contributed by atoms with van der Waals surface area (Å²) in [5.41, 5.74) is 5.10. The topological polar surface area (TPSA) is 125 Å². The molecule has 5 aromatic rings. The molecule has 10 heteroatoms. The molecule has 1 fully saturated rings. The zero-order chi connectivity index (χ0) is 29.2. The molecule has 3 aromatic heterocycles. The number of aromatic nitrogens is 4. The van der Waals surface area contributed by atoms with Crippen LogP contribution >= 0.6 is 0 Å². The highest BCUT2D eigenvalue weighted by molar-refractivity contribution is 6.05. The van der Waals surface area contributed by atoms with E-state index in [4.69, 9.17) is 4.74 Å². The highest BCUT2D eigenvalue weighted by Gasteiger charge is 2.37. The van der Waals surface area contributed by atoms with E-state index in [9.17, 15) is 9.59 Å². The van der Waals surface area contributed by atoms with Crippen LogP contribution in [0.5, 0.6) is 0 Å². The first-order valence-electron chi connectivity index (χ1n) is 13.9. The highest BCUT2D eigenvalue weighted by atomic mass is 16.6. The third-order valence-electron chi connectivity index (χ3n) is 7.46. The van der Waals surface area contributed by atoms with Crippen LogP contribution in [0.1, 0.15) is 42.7 Å². The largest absolute Gasteiger partial charge is 0.447 e. The summed E-state index contributed by atoms with van der Waals surface area (Å²) in [4.78, 5) is 42.9. The van der Waals surface area contributed by atoms with E-state index in [-0.39, 0.29) is 30.0 Å². The second-order valence-electron chi connectivity index (χ2n) is 10.7. The van der Waals surface area contributed by atoms with Gasteiger partial charge in [-0.15, -0.1) is 0 Å². The molecular formula is C32H31N7O3. The van der Waals surface area contributed by atoms with Gasteiger partial charge in [0.2, 0.25) is 5.95 Å². The molecule has 42 heavy (non-hydrogen) atoms. The van der Waals surface area contributed by atoms with Crippen molar-refractivity contribution in [2.45, 2.75) is 32.9 Å². The zero-order valence-electron chi connectivity index (χ0n) is 23.5. The van der Waals surface area contributed by atoms with Gasteiger partial charge in [-0.1, -0.05) is 50.2 Å². The van der Waals surface area contributed by atoms with Crippen LogP contribution in [0, 0.1) is 5.92 Å². The summed E-state index contributed by atoms with van der Waals surface area (Å²) in [6, 6.07) is 21.3. The van der Waals surface area contributed by atoms with Gasteiger partial charge in [-0.3, -0.25) is 9.69 Å². The van der Waals surface area contributed by atoms with Gasteiger partial charge < -0.3 is 20.4 Å². The van der Waals surface area contributed by atoms with Crippen molar-refractivity contribution in [2.75, 3.05) is 22.1 Å². The number of carbonyl (C=O) groups is 2. The van der Waals surface area contributed by atoms with E-state index in [0.717, 1.165) is 27.7 Å². The third kappa shape index (κ3) is 5.51. The van der Waals surface area contributed by atoms with Crippen molar-refractivity contribution in [1.29, 1.82) is 0 Å². The van der Waals surface area contributed by atoms with Crippen LogP contribution in [-0.2, 0) is 4.74 Å². The van der Waals surface area contributed by atoms with Crippen molar-refractivity contribution in [2.24, 2.45) is 5.92 Å². The minimum atomic E-state index is -0.385. The molecule has 2 atom stereocenters. The van der Waals surface area contributed by atoms with E-state index in [0.29, 0.717) is 29.6 Å². The van der Waals surface area contributed by atoms with E-state index in [1.54, 1.807) is 29.6 Å². The molecule has 3 N–H and O–H groups in total. The fourth-order valence-electron chi connectivity index (χ4n) is 5.00. The summed E-state index contributed by atoms with van der Waals surface area (Å²) in [5, 5.41) is 7.16. The van der Waals surface area contributed by atoms with Crippen LogP contribution in [0.25, 0.3) is 22.2 Å². The Morgan fingerprint density at radius 3 is 2.48 bits per heavy atom. The lowest BCUT2D eigenvalue weighted by atomic mass is 10.0. The molecule has 0 saturated carbocycles. The number of H-pyrrole nitrogens is 1. The minimum absolute atomic E-state index is 0.0623. The summed E-state index contributed by atoms with van der Waals surface area (Å²) < 4.78 is 5.27. The number of pyridine rings is 1. The summed E-state index contributed by atoms with van der Waals surface area (Å²) in [5.74, 6) is 0.985. The normalized spacial score (nSPS) is 15.6. The number of nitrogens with zero attached hydrogens (tertiary/aromatic N) is 4. The zero-order valence-corrected chi connectivity index (χ0v) is 23.5.